The van der Waals surface area contributed by atoms with Crippen LogP contribution in [0, 0.1) is 0 Å². The number of amides is 2. The number of carbonyl (C=O) groups excluding carboxylic acids is 2. The van der Waals surface area contributed by atoms with Crippen LogP contribution in [0.1, 0.15) is 12.5 Å². The highest BCUT2D eigenvalue weighted by Gasteiger charge is 2.26. The van der Waals surface area contributed by atoms with Gasteiger partial charge in [0.2, 0.25) is 5.91 Å². The fraction of sp³-hybridized carbons (Fsp3) is 0.300. The van der Waals surface area contributed by atoms with Crippen LogP contribution < -0.4 is 14.8 Å². The van der Waals surface area contributed by atoms with Gasteiger partial charge >= 0.3 is 0 Å². The van der Waals surface area contributed by atoms with Crippen molar-refractivity contribution in [3.05, 3.63) is 59.1 Å². The third-order valence-corrected chi connectivity index (χ3v) is 4.50. The molecule has 0 bridgehead atoms. The van der Waals surface area contributed by atoms with Crippen molar-refractivity contribution in [1.29, 1.82) is 0 Å². The number of methoxy groups -OCH3 is 1. The van der Waals surface area contributed by atoms with Crippen molar-refractivity contribution in [2.75, 3.05) is 20.8 Å². The highest BCUT2D eigenvalue weighted by atomic mass is 35.5. The number of likely N-dealkylation sites (N-methyl/N-ethyl adjacent to an activating group) is 1. The van der Waals surface area contributed by atoms with Gasteiger partial charge in [-0.2, -0.15) is 0 Å². The summed E-state index contributed by atoms with van der Waals surface area (Å²) in [4.78, 5) is 26.4. The van der Waals surface area contributed by atoms with Gasteiger partial charge in [0.25, 0.3) is 5.91 Å². The molecule has 0 heterocycles. The number of hydrogen-bond acceptors (Lipinski definition) is 4. The van der Waals surface area contributed by atoms with Crippen LogP contribution in [0.4, 0.5) is 0 Å². The van der Waals surface area contributed by atoms with Crippen LogP contribution in [0.2, 0.25) is 5.02 Å². The maximum absolute atomic E-state index is 12.8. The van der Waals surface area contributed by atoms with E-state index < -0.39 is 6.04 Å². The quantitative estimate of drug-likeness (QED) is 0.752. The molecule has 144 valence electrons. The molecule has 0 saturated carbocycles. The lowest BCUT2D eigenvalue weighted by atomic mass is 10.1. The van der Waals surface area contributed by atoms with Gasteiger partial charge in [-0.05, 0) is 30.7 Å². The van der Waals surface area contributed by atoms with Crippen LogP contribution in [0.25, 0.3) is 0 Å². The lowest BCUT2D eigenvalue weighted by molar-refractivity contribution is -0.142. The van der Waals surface area contributed by atoms with Gasteiger partial charge in [0.05, 0.1) is 7.11 Å². The fourth-order valence-electron chi connectivity index (χ4n) is 2.56. The SMILES string of the molecule is CNC(=O)C(C)N(Cc1ccccc1Cl)C(=O)COc1ccccc1OC. The molecule has 0 aliphatic heterocycles. The summed E-state index contributed by atoms with van der Waals surface area (Å²) in [5.41, 5.74) is 0.751. The van der Waals surface area contributed by atoms with Crippen molar-refractivity contribution in [2.24, 2.45) is 0 Å². The van der Waals surface area contributed by atoms with Gasteiger partial charge in [-0.25, -0.2) is 0 Å². The first-order chi connectivity index (χ1) is 13.0. The number of nitrogens with zero attached hydrogens (tertiary/aromatic N) is 1. The summed E-state index contributed by atoms with van der Waals surface area (Å²) < 4.78 is 10.8. The Morgan fingerprint density at radius 1 is 1.11 bits per heavy atom. The van der Waals surface area contributed by atoms with E-state index in [-0.39, 0.29) is 25.0 Å². The van der Waals surface area contributed by atoms with Crippen LogP contribution >= 0.6 is 11.6 Å². The van der Waals surface area contributed by atoms with Gasteiger partial charge < -0.3 is 19.7 Å². The number of carbonyl (C=O) groups is 2. The van der Waals surface area contributed by atoms with E-state index in [0.717, 1.165) is 5.56 Å². The van der Waals surface area contributed by atoms with Gasteiger partial charge in [0.1, 0.15) is 6.04 Å². The molecule has 0 fully saturated rings. The number of hydrogen-bond donors (Lipinski definition) is 1. The molecule has 27 heavy (non-hydrogen) atoms. The van der Waals surface area contributed by atoms with Crippen LogP contribution in [-0.4, -0.2) is 43.5 Å². The molecule has 0 aromatic heterocycles. The standard InChI is InChI=1S/C20H23ClN2O4/c1-14(20(25)22-2)23(12-15-8-4-5-9-16(15)21)19(24)13-27-18-11-7-6-10-17(18)26-3/h4-11,14H,12-13H2,1-3H3,(H,22,25). The van der Waals surface area contributed by atoms with Crippen LogP contribution in [0.15, 0.2) is 48.5 Å². The maximum atomic E-state index is 12.8. The summed E-state index contributed by atoms with van der Waals surface area (Å²) in [7, 11) is 3.06. The molecular formula is C20H23ClN2O4. The molecule has 2 rings (SSSR count). The molecule has 1 N–H and O–H groups in total. The van der Waals surface area contributed by atoms with Crippen molar-refractivity contribution in [3.8, 4) is 11.5 Å². The predicted molar refractivity (Wildman–Crippen MR) is 104 cm³/mol. The van der Waals surface area contributed by atoms with Crippen LogP contribution in [-0.2, 0) is 16.1 Å². The number of ether oxygens (including phenoxy) is 2. The Hall–Kier alpha value is -2.73. The maximum Gasteiger partial charge on any atom is 0.261 e. The summed E-state index contributed by atoms with van der Waals surface area (Å²) >= 11 is 6.22. The van der Waals surface area contributed by atoms with Crippen LogP contribution in [0.5, 0.6) is 11.5 Å². The second-order valence-electron chi connectivity index (χ2n) is 5.84. The minimum Gasteiger partial charge on any atom is -0.493 e. The average Bonchev–Trinajstić information content (AvgIpc) is 2.70. The largest absolute Gasteiger partial charge is 0.493 e. The van der Waals surface area contributed by atoms with Crippen molar-refractivity contribution in [1.82, 2.24) is 10.2 Å². The Morgan fingerprint density at radius 2 is 1.74 bits per heavy atom. The van der Waals surface area contributed by atoms with Gasteiger partial charge in [-0.1, -0.05) is 41.9 Å². The van der Waals surface area contributed by atoms with Crippen LogP contribution in [0.3, 0.4) is 0 Å². The highest BCUT2D eigenvalue weighted by Crippen LogP contribution is 2.26. The third kappa shape index (κ3) is 5.37. The molecular weight excluding hydrogens is 368 g/mol. The molecule has 0 aliphatic rings. The van der Waals surface area contributed by atoms with Gasteiger partial charge in [0, 0.05) is 18.6 Å². The lowest BCUT2D eigenvalue weighted by Crippen LogP contribution is -2.48. The fourth-order valence-corrected chi connectivity index (χ4v) is 2.76. The number of para-hydroxylation sites is 2. The van der Waals surface area contributed by atoms with E-state index in [1.165, 1.54) is 19.1 Å². The predicted octanol–water partition coefficient (Wildman–Crippen LogP) is 2.89. The number of rotatable bonds is 8. The molecule has 0 saturated heterocycles. The average molecular weight is 391 g/mol. The molecule has 0 radical (unpaired) electrons. The number of halogens is 1. The van der Waals surface area contributed by atoms with Gasteiger partial charge in [0.15, 0.2) is 18.1 Å². The Balaban J connectivity index is 2.17. The molecule has 1 atom stereocenters. The molecule has 0 aliphatic carbocycles. The first-order valence-electron chi connectivity index (χ1n) is 8.48. The lowest BCUT2D eigenvalue weighted by Gasteiger charge is -2.28. The van der Waals surface area contributed by atoms with Gasteiger partial charge in [-0.3, -0.25) is 9.59 Å². The second-order valence-corrected chi connectivity index (χ2v) is 6.25. The highest BCUT2D eigenvalue weighted by molar-refractivity contribution is 6.31. The van der Waals surface area contributed by atoms with Crippen molar-refractivity contribution < 1.29 is 19.1 Å². The van der Waals surface area contributed by atoms with Crippen molar-refractivity contribution in [3.63, 3.8) is 0 Å². The second kappa shape index (κ2) is 9.83. The topological polar surface area (TPSA) is 67.9 Å². The smallest absolute Gasteiger partial charge is 0.261 e. The zero-order valence-corrected chi connectivity index (χ0v) is 16.3. The van der Waals surface area contributed by atoms with E-state index in [9.17, 15) is 9.59 Å². The normalized spacial score (nSPS) is 11.4. The molecule has 0 spiro atoms. The van der Waals surface area contributed by atoms with E-state index in [2.05, 4.69) is 5.32 Å². The summed E-state index contributed by atoms with van der Waals surface area (Å²) in [5, 5.41) is 3.10. The zero-order chi connectivity index (χ0) is 19.8. The summed E-state index contributed by atoms with van der Waals surface area (Å²) in [5.74, 6) is 0.380. The molecule has 1 unspecified atom stereocenters. The summed E-state index contributed by atoms with van der Waals surface area (Å²) in [6.07, 6.45) is 0. The van der Waals surface area contributed by atoms with Gasteiger partial charge in [-0.15, -0.1) is 0 Å². The number of nitrogens with one attached hydrogen (secondary N) is 1. The summed E-state index contributed by atoms with van der Waals surface area (Å²) in [6.45, 7) is 1.63. The molecule has 6 nitrogen and oxygen atoms in total. The third-order valence-electron chi connectivity index (χ3n) is 4.13. The number of benzene rings is 2. The Kier molecular flexibility index (Phi) is 7.49. The zero-order valence-electron chi connectivity index (χ0n) is 15.6. The Bertz CT molecular complexity index is 797. The van der Waals surface area contributed by atoms with E-state index >= 15 is 0 Å². The molecule has 2 aromatic rings. The molecule has 2 amide bonds. The van der Waals surface area contributed by atoms with Crippen molar-refractivity contribution >= 4 is 23.4 Å². The first-order valence-corrected chi connectivity index (χ1v) is 8.86. The minimum atomic E-state index is -0.681. The molecule has 2 aromatic carbocycles. The van der Waals surface area contributed by atoms with Crippen molar-refractivity contribution in [2.45, 2.75) is 19.5 Å². The monoisotopic (exact) mass is 390 g/mol. The Labute approximate surface area is 164 Å². The first kappa shape index (κ1) is 20.6. The van der Waals surface area contributed by atoms with E-state index in [0.29, 0.717) is 16.5 Å². The minimum absolute atomic E-state index is 0.197. The van der Waals surface area contributed by atoms with E-state index in [1.807, 2.05) is 24.3 Å². The Morgan fingerprint density at radius 3 is 2.37 bits per heavy atom. The molecule has 7 heteroatoms. The van der Waals surface area contributed by atoms with E-state index in [4.69, 9.17) is 21.1 Å². The van der Waals surface area contributed by atoms with E-state index in [1.54, 1.807) is 31.2 Å². The summed E-state index contributed by atoms with van der Waals surface area (Å²) in [6, 6.07) is 13.6.